The van der Waals surface area contributed by atoms with E-state index in [0.29, 0.717) is 21.6 Å². The van der Waals surface area contributed by atoms with Crippen molar-refractivity contribution in [1.82, 2.24) is 0 Å². The molecule has 16 heavy (non-hydrogen) atoms. The lowest BCUT2D eigenvalue weighted by Gasteiger charge is -2.02. The van der Waals surface area contributed by atoms with Crippen molar-refractivity contribution >= 4 is 25.3 Å². The van der Waals surface area contributed by atoms with Crippen molar-refractivity contribution in [2.24, 2.45) is 0 Å². The highest BCUT2D eigenvalue weighted by molar-refractivity contribution is 8.33. The van der Waals surface area contributed by atoms with Crippen LogP contribution in [-0.4, -0.2) is 19.3 Å². The van der Waals surface area contributed by atoms with Crippen molar-refractivity contribution in [2.45, 2.75) is 12.7 Å². The molecule has 0 saturated heterocycles. The number of carbonyl (C=O) groups is 1. The van der Waals surface area contributed by atoms with Crippen molar-refractivity contribution in [3.63, 3.8) is 0 Å². The van der Waals surface area contributed by atoms with Crippen molar-refractivity contribution < 1.29 is 22.8 Å². The van der Waals surface area contributed by atoms with Crippen LogP contribution in [0.1, 0.15) is 12.5 Å². The summed E-state index contributed by atoms with van der Waals surface area (Å²) in [7, 11) is -3.37. The fourth-order valence-electron chi connectivity index (χ4n) is 1.02. The summed E-state index contributed by atoms with van der Waals surface area (Å²) in [5.41, 5.74) is 0.568. The van der Waals surface area contributed by atoms with E-state index in [1.54, 1.807) is 24.3 Å². The summed E-state index contributed by atoms with van der Waals surface area (Å²) in [5.74, 6) is -0.0627. The highest BCUT2D eigenvalue weighted by Gasteiger charge is 2.14. The molecular formula is C9H11O5S2+. The Hall–Kier alpha value is -1.02. The zero-order valence-electron chi connectivity index (χ0n) is 8.45. The van der Waals surface area contributed by atoms with Gasteiger partial charge in [-0.15, -0.1) is 0 Å². The molecule has 2 N–H and O–H groups in total. The van der Waals surface area contributed by atoms with Crippen molar-refractivity contribution in [3.05, 3.63) is 29.8 Å². The molecule has 0 spiro atoms. The smallest absolute Gasteiger partial charge is 0.426 e. The first-order valence-electron chi connectivity index (χ1n) is 4.28. The van der Waals surface area contributed by atoms with Crippen LogP contribution in [0.25, 0.3) is 0 Å². The molecule has 1 aromatic rings. The van der Waals surface area contributed by atoms with E-state index in [-0.39, 0.29) is 5.75 Å². The molecule has 0 fully saturated rings. The maximum atomic E-state index is 10.8. The zero-order chi connectivity index (χ0) is 12.2. The molecule has 0 atom stereocenters. The highest BCUT2D eigenvalue weighted by atomic mass is 32.9. The summed E-state index contributed by atoms with van der Waals surface area (Å²) in [5, 5.41) is 0. The quantitative estimate of drug-likeness (QED) is 0.488. The SMILES string of the molecule is CC(=O)Oc1ccccc1C[S+]=S(=O)(O)O. The van der Waals surface area contributed by atoms with E-state index in [2.05, 4.69) is 0 Å². The Morgan fingerprint density at radius 3 is 2.62 bits per heavy atom. The molecule has 0 aliphatic heterocycles. The molecule has 0 amide bonds. The second-order valence-corrected chi connectivity index (χ2v) is 6.34. The first-order chi connectivity index (χ1) is 7.38. The van der Waals surface area contributed by atoms with Gasteiger partial charge in [-0.25, -0.2) is 0 Å². The molecule has 0 saturated carbocycles. The lowest BCUT2D eigenvalue weighted by molar-refractivity contribution is -0.131. The van der Waals surface area contributed by atoms with Gasteiger partial charge in [-0.05, 0) is 12.1 Å². The van der Waals surface area contributed by atoms with Crippen LogP contribution in [0.15, 0.2) is 24.3 Å². The van der Waals surface area contributed by atoms with E-state index >= 15 is 0 Å². The van der Waals surface area contributed by atoms with Crippen LogP contribution < -0.4 is 4.74 Å². The maximum absolute atomic E-state index is 10.8. The first kappa shape index (κ1) is 13.0. The minimum absolute atomic E-state index is 0.0787. The van der Waals surface area contributed by atoms with E-state index < -0.39 is 15.0 Å². The van der Waals surface area contributed by atoms with Gasteiger partial charge in [0.25, 0.3) is 10.3 Å². The number of hydrogen-bond donors (Lipinski definition) is 2. The number of carbonyl (C=O) groups excluding carboxylic acids is 1. The van der Waals surface area contributed by atoms with Gasteiger partial charge < -0.3 is 4.74 Å². The number of para-hydroxylation sites is 1. The van der Waals surface area contributed by atoms with Gasteiger partial charge in [0.1, 0.15) is 5.75 Å². The Bertz CT molecular complexity index is 494. The van der Waals surface area contributed by atoms with E-state index in [0.717, 1.165) is 0 Å². The van der Waals surface area contributed by atoms with Crippen LogP contribution in [0.2, 0.25) is 0 Å². The van der Waals surface area contributed by atoms with Gasteiger partial charge in [0.15, 0.2) is 0 Å². The van der Waals surface area contributed by atoms with Crippen molar-refractivity contribution in [2.75, 3.05) is 0 Å². The zero-order valence-corrected chi connectivity index (χ0v) is 10.1. The van der Waals surface area contributed by atoms with E-state index in [1.165, 1.54) is 6.92 Å². The standard InChI is InChI=1S/C9H10O5S2/c1-7(10)14-9-5-3-2-4-8(9)6-15-16(11,12)13/h2-5H,6H2,1H3,(H-,11,12,13)/p+1. The molecule has 0 aliphatic carbocycles. The summed E-state index contributed by atoms with van der Waals surface area (Å²) in [4.78, 5) is 10.8. The normalized spacial score (nSPS) is 10.9. The van der Waals surface area contributed by atoms with Gasteiger partial charge in [-0.1, -0.05) is 12.1 Å². The second kappa shape index (κ2) is 5.35. The molecule has 1 aromatic carbocycles. The minimum Gasteiger partial charge on any atom is -0.426 e. The summed E-state index contributed by atoms with van der Waals surface area (Å²) in [6.45, 7) is 1.27. The predicted octanol–water partition coefficient (Wildman–Crippen LogP) is 1.34. The van der Waals surface area contributed by atoms with Gasteiger partial charge in [0.05, 0.1) is 5.56 Å². The number of ether oxygens (including phenoxy) is 1. The molecule has 0 unspecified atom stereocenters. The Labute approximate surface area is 96.7 Å². The van der Waals surface area contributed by atoms with Gasteiger partial charge in [-0.2, -0.15) is 4.21 Å². The lowest BCUT2D eigenvalue weighted by atomic mass is 10.2. The van der Waals surface area contributed by atoms with Gasteiger partial charge >= 0.3 is 15.0 Å². The Morgan fingerprint density at radius 2 is 2.06 bits per heavy atom. The monoisotopic (exact) mass is 263 g/mol. The third-order valence-electron chi connectivity index (χ3n) is 1.59. The number of esters is 1. The molecule has 88 valence electrons. The second-order valence-electron chi connectivity index (χ2n) is 2.91. The molecule has 0 radical (unpaired) electrons. The van der Waals surface area contributed by atoms with Crippen LogP contribution in [0.4, 0.5) is 0 Å². The molecule has 5 nitrogen and oxygen atoms in total. The summed E-state index contributed by atoms with van der Waals surface area (Å²) in [6.07, 6.45) is 0. The molecular weight excluding hydrogens is 252 g/mol. The Kier molecular flexibility index (Phi) is 4.36. The largest absolute Gasteiger partial charge is 0.430 e. The van der Waals surface area contributed by atoms with E-state index in [1.807, 2.05) is 0 Å². The summed E-state index contributed by atoms with van der Waals surface area (Å²) in [6, 6.07) is 6.62. The number of rotatable bonds is 3. The predicted molar refractivity (Wildman–Crippen MR) is 62.2 cm³/mol. The first-order valence-corrected chi connectivity index (χ1v) is 7.25. The maximum Gasteiger partial charge on any atom is 0.430 e. The van der Waals surface area contributed by atoms with Crippen LogP contribution in [0.3, 0.4) is 0 Å². The lowest BCUT2D eigenvalue weighted by Crippen LogP contribution is -2.04. The third kappa shape index (κ3) is 4.67. The molecule has 0 heterocycles. The van der Waals surface area contributed by atoms with Gasteiger partial charge in [-0.3, -0.25) is 13.9 Å². The minimum atomic E-state index is -3.84. The van der Waals surface area contributed by atoms with Gasteiger partial charge in [0, 0.05) is 6.92 Å². The third-order valence-corrected chi connectivity index (χ3v) is 3.60. The Balaban J connectivity index is 2.96. The summed E-state index contributed by atoms with van der Waals surface area (Å²) >= 11 is 0. The van der Waals surface area contributed by atoms with Gasteiger partial charge in [0.2, 0.25) is 5.75 Å². The molecule has 0 aliphatic rings. The van der Waals surface area contributed by atoms with E-state index in [4.69, 9.17) is 13.8 Å². The summed E-state index contributed by atoms with van der Waals surface area (Å²) < 4.78 is 32.9. The molecule has 0 bridgehead atoms. The highest BCUT2D eigenvalue weighted by Crippen LogP contribution is 2.18. The van der Waals surface area contributed by atoms with Crippen LogP contribution >= 0.6 is 0 Å². The number of benzene rings is 1. The van der Waals surface area contributed by atoms with Crippen LogP contribution in [-0.2, 0) is 29.9 Å². The van der Waals surface area contributed by atoms with E-state index in [9.17, 15) is 9.00 Å². The molecule has 7 heteroatoms. The van der Waals surface area contributed by atoms with Crippen molar-refractivity contribution in [1.29, 1.82) is 0 Å². The topological polar surface area (TPSA) is 83.8 Å². The molecule has 0 aromatic heterocycles. The van der Waals surface area contributed by atoms with Crippen molar-refractivity contribution in [3.8, 4) is 5.75 Å². The average Bonchev–Trinajstić information content (AvgIpc) is 2.14. The fraction of sp³-hybridized carbons (Fsp3) is 0.222. The Morgan fingerprint density at radius 1 is 1.44 bits per heavy atom. The van der Waals surface area contributed by atoms with Crippen LogP contribution in [0, 0.1) is 0 Å². The average molecular weight is 263 g/mol. The number of hydrogen-bond acceptors (Lipinski definition) is 3. The molecule has 1 rings (SSSR count). The fourth-order valence-corrected chi connectivity index (χ4v) is 2.38. The van der Waals surface area contributed by atoms with Crippen LogP contribution in [0.5, 0.6) is 5.75 Å².